The summed E-state index contributed by atoms with van der Waals surface area (Å²) in [5, 5.41) is 44.0. The maximum absolute atomic E-state index is 12.6. The second kappa shape index (κ2) is 51.8. The smallest absolute Gasteiger partial charge is 0.249 e. The van der Waals surface area contributed by atoms with Gasteiger partial charge in [0.25, 0.3) is 0 Å². The highest BCUT2D eigenvalue weighted by molar-refractivity contribution is 5.80. The van der Waals surface area contributed by atoms with Crippen LogP contribution in [-0.4, -0.2) is 57.3 Å². The molecule has 0 radical (unpaired) electrons. The topological polar surface area (TPSA) is 110 Å². The van der Waals surface area contributed by atoms with Gasteiger partial charge in [0.15, 0.2) is 0 Å². The molecule has 4 atom stereocenters. The normalized spacial score (nSPS) is 13.9. The summed E-state index contributed by atoms with van der Waals surface area (Å²) in [6, 6.07) is -1.00. The third kappa shape index (κ3) is 45.7. The van der Waals surface area contributed by atoms with E-state index in [0.29, 0.717) is 12.8 Å². The lowest BCUT2D eigenvalue weighted by Gasteiger charge is -2.27. The standard InChI is InChI=1S/C57H111NO5/c1-3-5-7-9-11-13-15-17-19-21-23-25-27-29-31-33-35-37-39-41-43-45-47-49-51-55(61)57(63)58-53(52-59)56(62)54(60)50-48-46-44-42-40-38-36-34-32-30-28-26-24-22-20-18-16-14-12-10-8-6-4-2/h29,31,42,44,53-56,59-62H,3-28,30,32-41,43,45-52H2,1-2H3,(H,58,63)/b31-29-,44-42+. The van der Waals surface area contributed by atoms with Crippen LogP contribution in [-0.2, 0) is 4.79 Å². The van der Waals surface area contributed by atoms with Crippen LogP contribution in [0.15, 0.2) is 24.3 Å². The first-order valence-corrected chi connectivity index (χ1v) is 28.2. The molecule has 0 aromatic carbocycles. The van der Waals surface area contributed by atoms with E-state index >= 15 is 0 Å². The Labute approximate surface area is 393 Å². The molecule has 0 aromatic heterocycles. The summed E-state index contributed by atoms with van der Waals surface area (Å²) in [6.07, 6.45) is 62.5. The van der Waals surface area contributed by atoms with E-state index in [2.05, 4.69) is 43.5 Å². The van der Waals surface area contributed by atoms with Crippen molar-refractivity contribution in [2.24, 2.45) is 0 Å². The van der Waals surface area contributed by atoms with Crippen LogP contribution in [0.5, 0.6) is 0 Å². The Morgan fingerprint density at radius 2 is 0.651 bits per heavy atom. The van der Waals surface area contributed by atoms with E-state index in [1.807, 2.05) is 0 Å². The molecule has 0 saturated carbocycles. The molecule has 0 rings (SSSR count). The van der Waals surface area contributed by atoms with Crippen LogP contribution < -0.4 is 5.32 Å². The fourth-order valence-corrected chi connectivity index (χ4v) is 8.93. The van der Waals surface area contributed by atoms with Crippen LogP contribution in [0.3, 0.4) is 0 Å². The summed E-state index contributed by atoms with van der Waals surface area (Å²) >= 11 is 0. The Balaban J connectivity index is 3.66. The number of unbranched alkanes of at least 4 members (excludes halogenated alkanes) is 39. The van der Waals surface area contributed by atoms with E-state index in [-0.39, 0.29) is 0 Å². The van der Waals surface area contributed by atoms with E-state index in [9.17, 15) is 25.2 Å². The number of hydrogen-bond donors (Lipinski definition) is 5. The van der Waals surface area contributed by atoms with Crippen LogP contribution in [0.2, 0.25) is 0 Å². The molecule has 1 amide bonds. The highest BCUT2D eigenvalue weighted by Crippen LogP contribution is 2.17. The molecule has 6 heteroatoms. The van der Waals surface area contributed by atoms with Gasteiger partial charge in [0.1, 0.15) is 12.2 Å². The van der Waals surface area contributed by atoms with Crippen LogP contribution in [0, 0.1) is 0 Å². The zero-order chi connectivity index (χ0) is 45.9. The molecule has 374 valence electrons. The van der Waals surface area contributed by atoms with Gasteiger partial charge < -0.3 is 25.7 Å². The first-order chi connectivity index (χ1) is 31.0. The van der Waals surface area contributed by atoms with Gasteiger partial charge in [-0.1, -0.05) is 263 Å². The van der Waals surface area contributed by atoms with Crippen molar-refractivity contribution in [3.63, 3.8) is 0 Å². The Morgan fingerprint density at radius 3 is 0.952 bits per heavy atom. The number of hydrogen-bond acceptors (Lipinski definition) is 5. The average molecular weight is 891 g/mol. The number of nitrogens with one attached hydrogen (secondary N) is 1. The zero-order valence-electron chi connectivity index (χ0n) is 42.3. The first kappa shape index (κ1) is 61.8. The molecular formula is C57H111NO5. The first-order valence-electron chi connectivity index (χ1n) is 28.2. The molecule has 0 aliphatic rings. The van der Waals surface area contributed by atoms with Crippen molar-refractivity contribution in [3.8, 4) is 0 Å². The van der Waals surface area contributed by atoms with Gasteiger partial charge in [-0.3, -0.25) is 4.79 Å². The molecule has 0 aliphatic heterocycles. The van der Waals surface area contributed by atoms with Crippen molar-refractivity contribution < 1.29 is 25.2 Å². The molecule has 0 heterocycles. The molecule has 0 bridgehead atoms. The van der Waals surface area contributed by atoms with Gasteiger partial charge >= 0.3 is 0 Å². The van der Waals surface area contributed by atoms with Crippen molar-refractivity contribution in [1.29, 1.82) is 0 Å². The lowest BCUT2D eigenvalue weighted by Crippen LogP contribution is -2.53. The maximum Gasteiger partial charge on any atom is 0.249 e. The quantitative estimate of drug-likeness (QED) is 0.0309. The second-order valence-electron chi connectivity index (χ2n) is 19.6. The summed E-state index contributed by atoms with van der Waals surface area (Å²) < 4.78 is 0. The number of rotatable bonds is 52. The zero-order valence-corrected chi connectivity index (χ0v) is 42.3. The van der Waals surface area contributed by atoms with Gasteiger partial charge in [-0.25, -0.2) is 0 Å². The second-order valence-corrected chi connectivity index (χ2v) is 19.6. The van der Waals surface area contributed by atoms with Gasteiger partial charge in [0.05, 0.1) is 18.8 Å². The number of allylic oxidation sites excluding steroid dienone is 4. The summed E-state index contributed by atoms with van der Waals surface area (Å²) in [5.74, 6) is -0.592. The predicted molar refractivity (Wildman–Crippen MR) is 274 cm³/mol. The van der Waals surface area contributed by atoms with E-state index in [1.54, 1.807) is 0 Å². The van der Waals surface area contributed by atoms with Crippen LogP contribution >= 0.6 is 0 Å². The largest absolute Gasteiger partial charge is 0.394 e. The van der Waals surface area contributed by atoms with Gasteiger partial charge in [-0.05, 0) is 64.2 Å². The molecule has 0 fully saturated rings. The molecule has 4 unspecified atom stereocenters. The molecule has 0 aromatic rings. The SMILES string of the molecule is CCCCCCCCCCCCCC/C=C\CCCCCCCCCCC(O)C(=O)NC(CO)C(O)C(O)CCC/C=C/CCCCCCCCCCCCCCCCCCCC. The summed E-state index contributed by atoms with van der Waals surface area (Å²) in [4.78, 5) is 12.6. The van der Waals surface area contributed by atoms with E-state index in [0.717, 1.165) is 38.5 Å². The van der Waals surface area contributed by atoms with Crippen molar-refractivity contribution in [3.05, 3.63) is 24.3 Å². The van der Waals surface area contributed by atoms with Crippen molar-refractivity contribution >= 4 is 5.91 Å². The monoisotopic (exact) mass is 890 g/mol. The minimum atomic E-state index is -1.28. The Hall–Kier alpha value is -1.21. The molecule has 0 spiro atoms. The molecule has 5 N–H and O–H groups in total. The number of amides is 1. The van der Waals surface area contributed by atoms with E-state index in [1.165, 1.54) is 238 Å². The lowest BCUT2D eigenvalue weighted by molar-refractivity contribution is -0.132. The van der Waals surface area contributed by atoms with Gasteiger partial charge in [-0.2, -0.15) is 0 Å². The number of carbonyl (C=O) groups excluding carboxylic acids is 1. The number of carbonyl (C=O) groups is 1. The Kier molecular flexibility index (Phi) is 50.8. The van der Waals surface area contributed by atoms with Crippen LogP contribution in [0.1, 0.15) is 303 Å². The Bertz CT molecular complexity index is 955. The predicted octanol–water partition coefficient (Wildman–Crippen LogP) is 16.3. The van der Waals surface area contributed by atoms with Crippen molar-refractivity contribution in [2.75, 3.05) is 6.61 Å². The Morgan fingerprint density at radius 1 is 0.381 bits per heavy atom. The minimum absolute atomic E-state index is 0.361. The van der Waals surface area contributed by atoms with Crippen molar-refractivity contribution in [1.82, 2.24) is 5.32 Å². The van der Waals surface area contributed by atoms with Crippen molar-refractivity contribution in [2.45, 2.75) is 327 Å². The highest BCUT2D eigenvalue weighted by Gasteiger charge is 2.28. The summed E-state index contributed by atoms with van der Waals surface area (Å²) in [6.45, 7) is 4.08. The third-order valence-electron chi connectivity index (χ3n) is 13.4. The van der Waals surface area contributed by atoms with E-state index < -0.39 is 36.9 Å². The number of aliphatic hydroxyl groups is 4. The lowest BCUT2D eigenvalue weighted by atomic mass is 10.00. The fourth-order valence-electron chi connectivity index (χ4n) is 8.93. The molecule has 63 heavy (non-hydrogen) atoms. The van der Waals surface area contributed by atoms with Gasteiger partial charge in [0.2, 0.25) is 5.91 Å². The minimum Gasteiger partial charge on any atom is -0.394 e. The van der Waals surface area contributed by atoms with Crippen LogP contribution in [0.4, 0.5) is 0 Å². The summed E-state index contributed by atoms with van der Waals surface area (Å²) in [5.41, 5.74) is 0. The van der Waals surface area contributed by atoms with E-state index in [4.69, 9.17) is 0 Å². The van der Waals surface area contributed by atoms with Gasteiger partial charge in [-0.15, -0.1) is 0 Å². The average Bonchev–Trinajstić information content (AvgIpc) is 3.29. The molecule has 0 aliphatic carbocycles. The molecule has 0 saturated heterocycles. The maximum atomic E-state index is 12.6. The fraction of sp³-hybridized carbons (Fsp3) is 0.912. The van der Waals surface area contributed by atoms with Gasteiger partial charge in [0, 0.05) is 0 Å². The summed E-state index contributed by atoms with van der Waals surface area (Å²) in [7, 11) is 0. The van der Waals surface area contributed by atoms with Crippen LogP contribution in [0.25, 0.3) is 0 Å². The number of aliphatic hydroxyl groups excluding tert-OH is 4. The third-order valence-corrected chi connectivity index (χ3v) is 13.4. The highest BCUT2D eigenvalue weighted by atomic mass is 16.3. The molecule has 6 nitrogen and oxygen atoms in total. The molecular weight excluding hydrogens is 779 g/mol.